The van der Waals surface area contributed by atoms with Gasteiger partial charge in [-0.05, 0) is 55.2 Å². The van der Waals surface area contributed by atoms with Gasteiger partial charge in [0.2, 0.25) is 0 Å². The van der Waals surface area contributed by atoms with E-state index in [1.807, 2.05) is 18.2 Å². The van der Waals surface area contributed by atoms with Gasteiger partial charge < -0.3 is 10.1 Å². The number of nitrogens with zero attached hydrogens (tertiary/aromatic N) is 3. The summed E-state index contributed by atoms with van der Waals surface area (Å²) in [7, 11) is 0. The molecule has 0 saturated carbocycles. The summed E-state index contributed by atoms with van der Waals surface area (Å²) in [6, 6.07) is 13.1. The van der Waals surface area contributed by atoms with Crippen LogP contribution in [0, 0.1) is 23.1 Å². The number of ether oxygens (including phenoxy) is 1. The number of hydrogen-bond acceptors (Lipinski definition) is 6. The molecule has 176 valence electrons. The number of azo groups is 1. The molecule has 7 nitrogen and oxygen atoms in total. The van der Waals surface area contributed by atoms with Crippen LogP contribution in [0.3, 0.4) is 0 Å². The van der Waals surface area contributed by atoms with Crippen molar-refractivity contribution in [2.24, 2.45) is 16.1 Å². The average molecular weight is 483 g/mol. The van der Waals surface area contributed by atoms with Crippen LogP contribution in [-0.4, -0.2) is 31.1 Å². The van der Waals surface area contributed by atoms with E-state index in [4.69, 9.17) is 21.6 Å². The first kappa shape index (κ1) is 25.1. The van der Waals surface area contributed by atoms with Gasteiger partial charge >= 0.3 is 5.97 Å². The quantitative estimate of drug-likeness (QED) is 0.481. The van der Waals surface area contributed by atoms with Gasteiger partial charge in [0, 0.05) is 23.0 Å². The fraction of sp³-hybridized carbons (Fsp3) is 0.320. The number of hydrogen-bond donors (Lipinski definition) is 1. The topological polar surface area (TPSA) is 104 Å². The largest absolute Gasteiger partial charge is 0.466 e. The van der Waals surface area contributed by atoms with Gasteiger partial charge in [0.25, 0.3) is 5.91 Å². The minimum atomic E-state index is -0.686. The number of nitriles is 1. The molecule has 1 aliphatic heterocycles. The van der Waals surface area contributed by atoms with Gasteiger partial charge in [0.05, 0.1) is 25.1 Å². The second-order valence-corrected chi connectivity index (χ2v) is 8.19. The molecule has 1 amide bonds. The number of nitrogens with one attached hydrogen (secondary N) is 1. The summed E-state index contributed by atoms with van der Waals surface area (Å²) in [5, 5.41) is 20.1. The normalized spacial score (nSPS) is 14.1. The molecule has 2 aromatic rings. The van der Waals surface area contributed by atoms with Crippen molar-refractivity contribution in [3.63, 3.8) is 0 Å². The van der Waals surface area contributed by atoms with Crippen molar-refractivity contribution in [3.8, 4) is 17.2 Å². The van der Waals surface area contributed by atoms with Crippen LogP contribution in [0.2, 0.25) is 5.02 Å². The highest BCUT2D eigenvalue weighted by molar-refractivity contribution is 6.30. The second kappa shape index (κ2) is 12.1. The van der Waals surface area contributed by atoms with Crippen molar-refractivity contribution in [2.45, 2.75) is 32.2 Å². The Hall–Kier alpha value is -3.57. The van der Waals surface area contributed by atoms with Crippen molar-refractivity contribution in [1.29, 1.82) is 5.26 Å². The minimum absolute atomic E-state index is 0.0272. The van der Waals surface area contributed by atoms with Gasteiger partial charge in [-0.2, -0.15) is 15.5 Å². The maximum absolute atomic E-state index is 14.2. The van der Waals surface area contributed by atoms with Gasteiger partial charge in [0.15, 0.2) is 0 Å². The molecule has 1 aliphatic rings. The molecule has 0 saturated heterocycles. The van der Waals surface area contributed by atoms with E-state index in [1.165, 1.54) is 12.1 Å². The highest BCUT2D eigenvalue weighted by atomic mass is 35.5. The summed E-state index contributed by atoms with van der Waals surface area (Å²) in [5.74, 6) is -1.94. The Morgan fingerprint density at radius 1 is 1.26 bits per heavy atom. The second-order valence-electron chi connectivity index (χ2n) is 7.76. The van der Waals surface area contributed by atoms with Crippen LogP contribution in [0.25, 0.3) is 11.1 Å². The summed E-state index contributed by atoms with van der Waals surface area (Å²) in [6.45, 7) is 2.24. The van der Waals surface area contributed by atoms with E-state index >= 15 is 0 Å². The maximum Gasteiger partial charge on any atom is 0.310 e. The summed E-state index contributed by atoms with van der Waals surface area (Å²) >= 11 is 6.00. The van der Waals surface area contributed by atoms with Crippen LogP contribution < -0.4 is 5.32 Å². The number of rotatable bonds is 10. The molecule has 0 aromatic heterocycles. The van der Waals surface area contributed by atoms with E-state index in [0.717, 1.165) is 5.56 Å². The minimum Gasteiger partial charge on any atom is -0.466 e. The molecule has 0 fully saturated rings. The van der Waals surface area contributed by atoms with Crippen LogP contribution in [0.1, 0.15) is 25.3 Å². The smallest absolute Gasteiger partial charge is 0.310 e. The molecular weight excluding hydrogens is 459 g/mol. The van der Waals surface area contributed by atoms with Crippen molar-refractivity contribution in [3.05, 3.63) is 70.6 Å². The number of halogens is 2. The van der Waals surface area contributed by atoms with Gasteiger partial charge in [-0.25, -0.2) is 4.39 Å². The number of carbonyl (C=O) groups is 2. The Labute approximate surface area is 202 Å². The Bertz CT molecular complexity index is 1140. The third kappa shape index (κ3) is 6.72. The summed E-state index contributed by atoms with van der Waals surface area (Å²) in [5.41, 5.74) is 2.12. The van der Waals surface area contributed by atoms with Gasteiger partial charge in [-0.15, -0.1) is 0 Å². The van der Waals surface area contributed by atoms with Crippen LogP contribution in [-0.2, 0) is 20.7 Å². The Morgan fingerprint density at radius 2 is 2.03 bits per heavy atom. The molecule has 2 aromatic carbocycles. The lowest BCUT2D eigenvalue weighted by atomic mass is 9.92. The number of carbonyl (C=O) groups excluding carboxylic acids is 2. The van der Waals surface area contributed by atoms with E-state index in [2.05, 4.69) is 15.5 Å². The zero-order chi connectivity index (χ0) is 24.5. The fourth-order valence-corrected chi connectivity index (χ4v) is 3.85. The third-order valence-corrected chi connectivity index (χ3v) is 5.55. The van der Waals surface area contributed by atoms with Crippen LogP contribution in [0.5, 0.6) is 0 Å². The Morgan fingerprint density at radius 3 is 2.68 bits per heavy atom. The lowest BCUT2D eigenvalue weighted by molar-refractivity contribution is -0.148. The first-order valence-corrected chi connectivity index (χ1v) is 11.3. The molecule has 3 rings (SSSR count). The SMILES string of the molecule is CCOC(=O)[C@H](CC#N)C[C@@H](Cc1ccc(-c2cc(Cl)ccc2F)cc1)NC(=O)C1=CCN=N1. The standard InChI is InChI=1S/C25H24ClFN4O3/c1-2-34-25(33)18(9-11-28)14-20(30-24(32)23-10-12-29-31-23)13-16-3-5-17(6-4-16)21-15-19(26)7-8-22(21)27/h3-8,10,15,18,20H,2,9,12-14H2,1H3,(H,30,32)/t18-,20-/m1/s1. The number of esters is 1. The molecule has 0 unspecified atom stereocenters. The van der Waals surface area contributed by atoms with E-state index in [9.17, 15) is 14.0 Å². The first-order chi connectivity index (χ1) is 16.4. The number of amides is 1. The maximum atomic E-state index is 14.2. The predicted octanol–water partition coefficient (Wildman–Crippen LogP) is 5.01. The van der Waals surface area contributed by atoms with E-state index in [0.29, 0.717) is 29.1 Å². The first-order valence-electron chi connectivity index (χ1n) is 10.9. The fourth-order valence-electron chi connectivity index (χ4n) is 3.68. The molecule has 1 heterocycles. The van der Waals surface area contributed by atoms with Gasteiger partial charge in [-0.3, -0.25) is 9.59 Å². The van der Waals surface area contributed by atoms with E-state index < -0.39 is 23.8 Å². The van der Waals surface area contributed by atoms with Crippen LogP contribution >= 0.6 is 11.6 Å². The Balaban J connectivity index is 1.80. The molecule has 0 spiro atoms. The summed E-state index contributed by atoms with van der Waals surface area (Å²) in [4.78, 5) is 25.0. The van der Waals surface area contributed by atoms with E-state index in [1.54, 1.807) is 31.2 Å². The predicted molar refractivity (Wildman–Crippen MR) is 125 cm³/mol. The monoisotopic (exact) mass is 482 g/mol. The lowest BCUT2D eigenvalue weighted by Crippen LogP contribution is -2.39. The summed E-state index contributed by atoms with van der Waals surface area (Å²) in [6.07, 6.45) is 2.18. The van der Waals surface area contributed by atoms with Crippen molar-refractivity contribution < 1.29 is 18.7 Å². The van der Waals surface area contributed by atoms with Crippen molar-refractivity contribution in [1.82, 2.24) is 5.32 Å². The number of benzene rings is 2. The zero-order valence-corrected chi connectivity index (χ0v) is 19.4. The third-order valence-electron chi connectivity index (χ3n) is 5.31. The van der Waals surface area contributed by atoms with Gasteiger partial charge in [-0.1, -0.05) is 35.9 Å². The highest BCUT2D eigenvalue weighted by Gasteiger charge is 2.26. The Kier molecular flexibility index (Phi) is 8.88. The molecule has 0 aliphatic carbocycles. The van der Waals surface area contributed by atoms with Gasteiger partial charge in [0.1, 0.15) is 11.5 Å². The average Bonchev–Trinajstić information content (AvgIpc) is 3.36. The molecule has 34 heavy (non-hydrogen) atoms. The van der Waals surface area contributed by atoms with Crippen molar-refractivity contribution >= 4 is 23.5 Å². The molecular formula is C25H24ClFN4O3. The molecule has 2 atom stereocenters. The van der Waals surface area contributed by atoms with Crippen LogP contribution in [0.15, 0.2) is 64.5 Å². The highest BCUT2D eigenvalue weighted by Crippen LogP contribution is 2.27. The summed E-state index contributed by atoms with van der Waals surface area (Å²) < 4.78 is 19.3. The molecule has 0 radical (unpaired) electrons. The van der Waals surface area contributed by atoms with Crippen molar-refractivity contribution in [2.75, 3.05) is 13.2 Å². The molecule has 9 heteroatoms. The molecule has 0 bridgehead atoms. The zero-order valence-electron chi connectivity index (χ0n) is 18.6. The van der Waals surface area contributed by atoms with E-state index in [-0.39, 0.29) is 31.0 Å². The molecule has 1 N–H and O–H groups in total. The lowest BCUT2D eigenvalue weighted by Gasteiger charge is -2.22. The van der Waals surface area contributed by atoms with Crippen LogP contribution in [0.4, 0.5) is 4.39 Å².